The molecule has 1 N–H and O–H groups in total. The van der Waals surface area contributed by atoms with Crippen LogP contribution in [-0.4, -0.2) is 19.6 Å². The SMILES string of the molecule is COc1ccc(CCC(=O)NCCc2ccc(C(F)(F)F)cc2)cc1. The molecule has 1 amide bonds. The van der Waals surface area contributed by atoms with Crippen LogP contribution in [0.15, 0.2) is 48.5 Å². The Morgan fingerprint density at radius 1 is 0.960 bits per heavy atom. The van der Waals surface area contributed by atoms with Crippen LogP contribution >= 0.6 is 0 Å². The number of methoxy groups -OCH3 is 1. The van der Waals surface area contributed by atoms with Gasteiger partial charge in [0.2, 0.25) is 5.91 Å². The second kappa shape index (κ2) is 8.55. The predicted octanol–water partition coefficient (Wildman–Crippen LogP) is 4.01. The van der Waals surface area contributed by atoms with Gasteiger partial charge in [0.1, 0.15) is 5.75 Å². The van der Waals surface area contributed by atoms with Crippen molar-refractivity contribution in [1.82, 2.24) is 5.32 Å². The second-order valence-electron chi connectivity index (χ2n) is 5.64. The molecule has 6 heteroatoms. The molecule has 134 valence electrons. The number of aryl methyl sites for hydroxylation is 1. The Morgan fingerprint density at radius 2 is 1.52 bits per heavy atom. The Bertz CT molecular complexity index is 679. The zero-order valence-corrected chi connectivity index (χ0v) is 13.9. The van der Waals surface area contributed by atoms with Gasteiger partial charge in [-0.2, -0.15) is 13.2 Å². The van der Waals surface area contributed by atoms with Gasteiger partial charge in [-0.15, -0.1) is 0 Å². The molecule has 25 heavy (non-hydrogen) atoms. The van der Waals surface area contributed by atoms with E-state index in [1.165, 1.54) is 12.1 Å². The Morgan fingerprint density at radius 3 is 2.08 bits per heavy atom. The van der Waals surface area contributed by atoms with Crippen molar-refractivity contribution in [3.63, 3.8) is 0 Å². The van der Waals surface area contributed by atoms with Crippen LogP contribution in [0.2, 0.25) is 0 Å². The number of hydrogen-bond acceptors (Lipinski definition) is 2. The molecule has 0 bridgehead atoms. The molecule has 0 heterocycles. The minimum absolute atomic E-state index is 0.0808. The van der Waals surface area contributed by atoms with Crippen LogP contribution < -0.4 is 10.1 Å². The number of alkyl halides is 3. The van der Waals surface area contributed by atoms with Crippen molar-refractivity contribution in [1.29, 1.82) is 0 Å². The zero-order valence-electron chi connectivity index (χ0n) is 13.9. The maximum Gasteiger partial charge on any atom is 0.416 e. The van der Waals surface area contributed by atoms with E-state index in [0.29, 0.717) is 25.8 Å². The Hall–Kier alpha value is -2.50. The van der Waals surface area contributed by atoms with E-state index >= 15 is 0 Å². The van der Waals surface area contributed by atoms with E-state index in [-0.39, 0.29) is 5.91 Å². The maximum atomic E-state index is 12.5. The molecule has 0 aliphatic rings. The summed E-state index contributed by atoms with van der Waals surface area (Å²) in [6.45, 7) is 0.396. The van der Waals surface area contributed by atoms with Crippen molar-refractivity contribution in [2.75, 3.05) is 13.7 Å². The Kier molecular flexibility index (Phi) is 6.44. The van der Waals surface area contributed by atoms with Crippen molar-refractivity contribution in [2.24, 2.45) is 0 Å². The van der Waals surface area contributed by atoms with Crippen molar-refractivity contribution in [3.8, 4) is 5.75 Å². The first-order valence-corrected chi connectivity index (χ1v) is 7.94. The lowest BCUT2D eigenvalue weighted by molar-refractivity contribution is -0.137. The molecule has 0 spiro atoms. The molecular weight excluding hydrogens is 331 g/mol. The van der Waals surface area contributed by atoms with Crippen LogP contribution in [0.4, 0.5) is 13.2 Å². The van der Waals surface area contributed by atoms with Crippen molar-refractivity contribution in [3.05, 3.63) is 65.2 Å². The topological polar surface area (TPSA) is 38.3 Å². The van der Waals surface area contributed by atoms with Gasteiger partial charge in [-0.3, -0.25) is 4.79 Å². The molecule has 0 aromatic heterocycles. The third kappa shape index (κ3) is 6.14. The van der Waals surface area contributed by atoms with Gasteiger partial charge >= 0.3 is 6.18 Å². The molecule has 0 unspecified atom stereocenters. The molecular formula is C19H20F3NO2. The van der Waals surface area contributed by atoms with Crippen LogP contribution in [0.3, 0.4) is 0 Å². The predicted molar refractivity (Wildman–Crippen MR) is 89.5 cm³/mol. The first-order chi connectivity index (χ1) is 11.9. The van der Waals surface area contributed by atoms with E-state index < -0.39 is 11.7 Å². The fourth-order valence-corrected chi connectivity index (χ4v) is 2.35. The quantitative estimate of drug-likeness (QED) is 0.819. The summed E-state index contributed by atoms with van der Waals surface area (Å²) >= 11 is 0. The summed E-state index contributed by atoms with van der Waals surface area (Å²) in [6, 6.07) is 12.5. The molecule has 0 saturated heterocycles. The van der Waals surface area contributed by atoms with Gasteiger partial charge < -0.3 is 10.1 Å². The third-order valence-electron chi connectivity index (χ3n) is 3.82. The number of carbonyl (C=O) groups is 1. The molecule has 2 aromatic rings. The van der Waals surface area contributed by atoms with Crippen LogP contribution in [0.5, 0.6) is 5.75 Å². The fraction of sp³-hybridized carbons (Fsp3) is 0.316. The summed E-state index contributed by atoms with van der Waals surface area (Å²) in [4.78, 5) is 11.8. The summed E-state index contributed by atoms with van der Waals surface area (Å²) in [6.07, 6.45) is -2.85. The zero-order chi connectivity index (χ0) is 18.3. The normalized spacial score (nSPS) is 11.2. The van der Waals surface area contributed by atoms with E-state index in [1.54, 1.807) is 7.11 Å². The number of benzene rings is 2. The number of rotatable bonds is 7. The number of carbonyl (C=O) groups excluding carboxylic acids is 1. The molecule has 0 radical (unpaired) electrons. The van der Waals surface area contributed by atoms with E-state index in [4.69, 9.17) is 4.74 Å². The highest BCUT2D eigenvalue weighted by atomic mass is 19.4. The first-order valence-electron chi connectivity index (χ1n) is 7.94. The molecule has 0 aliphatic carbocycles. The minimum Gasteiger partial charge on any atom is -0.497 e. The first kappa shape index (κ1) is 18.8. The van der Waals surface area contributed by atoms with Gasteiger partial charge in [-0.1, -0.05) is 24.3 Å². The van der Waals surface area contributed by atoms with Crippen LogP contribution in [-0.2, 0) is 23.8 Å². The van der Waals surface area contributed by atoms with Crippen LogP contribution in [0.1, 0.15) is 23.1 Å². The highest BCUT2D eigenvalue weighted by Crippen LogP contribution is 2.29. The molecule has 0 aliphatic heterocycles. The van der Waals surface area contributed by atoms with E-state index in [0.717, 1.165) is 29.0 Å². The number of halogens is 3. The van der Waals surface area contributed by atoms with Gasteiger partial charge in [0.15, 0.2) is 0 Å². The van der Waals surface area contributed by atoms with E-state index in [9.17, 15) is 18.0 Å². The lowest BCUT2D eigenvalue weighted by Gasteiger charge is -2.08. The van der Waals surface area contributed by atoms with Crippen LogP contribution in [0, 0.1) is 0 Å². The second-order valence-corrected chi connectivity index (χ2v) is 5.64. The fourth-order valence-electron chi connectivity index (χ4n) is 2.35. The summed E-state index contributed by atoms with van der Waals surface area (Å²) < 4.78 is 42.5. The average Bonchev–Trinajstić information content (AvgIpc) is 2.60. The molecule has 2 aromatic carbocycles. The summed E-state index contributed by atoms with van der Waals surface area (Å²) in [5.74, 6) is 0.687. The molecule has 3 nitrogen and oxygen atoms in total. The number of ether oxygens (including phenoxy) is 1. The van der Waals surface area contributed by atoms with Crippen molar-refractivity contribution >= 4 is 5.91 Å². The van der Waals surface area contributed by atoms with Gasteiger partial charge in [0, 0.05) is 13.0 Å². The summed E-state index contributed by atoms with van der Waals surface area (Å²) in [5.41, 5.74) is 1.13. The van der Waals surface area contributed by atoms with Gasteiger partial charge in [-0.05, 0) is 48.2 Å². The van der Waals surface area contributed by atoms with Crippen molar-refractivity contribution in [2.45, 2.75) is 25.4 Å². The number of hydrogen-bond donors (Lipinski definition) is 1. The van der Waals surface area contributed by atoms with Crippen LogP contribution in [0.25, 0.3) is 0 Å². The molecule has 2 rings (SSSR count). The molecule has 0 saturated carbocycles. The van der Waals surface area contributed by atoms with E-state index in [2.05, 4.69) is 5.32 Å². The molecule has 0 atom stereocenters. The van der Waals surface area contributed by atoms with Crippen molar-refractivity contribution < 1.29 is 22.7 Å². The monoisotopic (exact) mass is 351 g/mol. The average molecular weight is 351 g/mol. The summed E-state index contributed by atoms with van der Waals surface area (Å²) in [7, 11) is 1.60. The highest BCUT2D eigenvalue weighted by Gasteiger charge is 2.29. The van der Waals surface area contributed by atoms with E-state index in [1.807, 2.05) is 24.3 Å². The molecule has 0 fully saturated rings. The maximum absolute atomic E-state index is 12.5. The van der Waals surface area contributed by atoms with Gasteiger partial charge in [0.25, 0.3) is 0 Å². The Labute approximate surface area is 144 Å². The highest BCUT2D eigenvalue weighted by molar-refractivity contribution is 5.76. The van der Waals surface area contributed by atoms with Gasteiger partial charge in [0.05, 0.1) is 12.7 Å². The largest absolute Gasteiger partial charge is 0.497 e. The number of nitrogens with one attached hydrogen (secondary N) is 1. The number of amides is 1. The lowest BCUT2D eigenvalue weighted by Crippen LogP contribution is -2.25. The lowest BCUT2D eigenvalue weighted by atomic mass is 10.1. The minimum atomic E-state index is -4.33. The standard InChI is InChI=1S/C19H20F3NO2/c1-25-17-9-4-14(5-10-17)6-11-18(24)23-13-12-15-2-7-16(8-3-15)19(20,21)22/h2-5,7-10H,6,11-13H2,1H3,(H,23,24). The third-order valence-corrected chi connectivity index (χ3v) is 3.82. The van der Waals surface area contributed by atoms with Gasteiger partial charge in [-0.25, -0.2) is 0 Å². The Balaban J connectivity index is 1.71. The summed E-state index contributed by atoms with van der Waals surface area (Å²) in [5, 5.41) is 2.78. The smallest absolute Gasteiger partial charge is 0.416 e.